The first kappa shape index (κ1) is 20.3. The SMILES string of the molecule is C=C(CCCCCCCCCCCC)C(=C)C(O)=S(=C)=C. The molecule has 21 heavy (non-hydrogen) atoms. The molecule has 0 unspecified atom stereocenters. The lowest BCUT2D eigenvalue weighted by atomic mass is 10.0. The predicted molar refractivity (Wildman–Crippen MR) is 104 cm³/mol. The van der Waals surface area contributed by atoms with Gasteiger partial charge in [-0.15, -0.1) is 0 Å². The van der Waals surface area contributed by atoms with Gasteiger partial charge in [-0.2, -0.15) is 9.66 Å². The first-order valence-electron chi connectivity index (χ1n) is 8.27. The summed E-state index contributed by atoms with van der Waals surface area (Å²) in [5, 5.41) is 9.97. The molecule has 0 atom stereocenters. The average molecular weight is 311 g/mol. The molecule has 0 aromatic rings. The van der Waals surface area contributed by atoms with E-state index in [0.717, 1.165) is 18.4 Å². The minimum Gasteiger partial charge on any atom is -0.352 e. The highest BCUT2D eigenvalue weighted by Crippen LogP contribution is 2.17. The average Bonchev–Trinajstić information content (AvgIpc) is 2.47. The van der Waals surface area contributed by atoms with Crippen LogP contribution in [0.1, 0.15) is 77.6 Å². The van der Waals surface area contributed by atoms with Gasteiger partial charge in [0.25, 0.3) is 0 Å². The molecular formula is C19H34OS. The van der Waals surface area contributed by atoms with Crippen molar-refractivity contribution < 1.29 is 5.11 Å². The van der Waals surface area contributed by atoms with E-state index in [1.54, 1.807) is 0 Å². The summed E-state index contributed by atoms with van der Waals surface area (Å²) in [6, 6.07) is 0. The topological polar surface area (TPSA) is 20.2 Å². The smallest absolute Gasteiger partial charge is 0.123 e. The Bertz CT molecular complexity index is 432. The van der Waals surface area contributed by atoms with Crippen molar-refractivity contribution in [3.8, 4) is 0 Å². The minimum atomic E-state index is -0.615. The first-order valence-corrected chi connectivity index (χ1v) is 9.84. The van der Waals surface area contributed by atoms with Crippen LogP contribution in [-0.2, 0) is 0 Å². The molecule has 0 amide bonds. The van der Waals surface area contributed by atoms with Crippen LogP contribution in [0, 0.1) is 0 Å². The summed E-state index contributed by atoms with van der Waals surface area (Å²) < 4.78 is 0. The van der Waals surface area contributed by atoms with Gasteiger partial charge in [0.2, 0.25) is 0 Å². The fourth-order valence-electron chi connectivity index (χ4n) is 2.30. The van der Waals surface area contributed by atoms with Crippen LogP contribution >= 0.6 is 9.66 Å². The van der Waals surface area contributed by atoms with E-state index in [4.69, 9.17) is 0 Å². The van der Waals surface area contributed by atoms with Gasteiger partial charge in [-0.05, 0) is 18.4 Å². The monoisotopic (exact) mass is 310 g/mol. The molecule has 122 valence electrons. The van der Waals surface area contributed by atoms with Crippen LogP contribution in [0.4, 0.5) is 0 Å². The van der Waals surface area contributed by atoms with Crippen LogP contribution in [-0.4, -0.2) is 21.9 Å². The normalized spacial score (nSPS) is 10.4. The van der Waals surface area contributed by atoms with Gasteiger partial charge >= 0.3 is 0 Å². The lowest BCUT2D eigenvalue weighted by Crippen LogP contribution is -2.00. The Morgan fingerprint density at radius 1 is 0.810 bits per heavy atom. The van der Waals surface area contributed by atoms with Crippen LogP contribution < -0.4 is 0 Å². The van der Waals surface area contributed by atoms with Gasteiger partial charge in [0.15, 0.2) is 0 Å². The van der Waals surface area contributed by atoms with Crippen molar-refractivity contribution in [2.45, 2.75) is 77.6 Å². The third-order valence-corrected chi connectivity index (χ3v) is 4.58. The molecule has 0 rings (SSSR count). The Labute approximate surface area is 133 Å². The molecule has 0 aromatic carbocycles. The molecule has 0 aliphatic rings. The molecule has 0 bridgehead atoms. The minimum absolute atomic E-state index is 0.201. The Hall–Kier alpha value is -0.730. The molecule has 2 heteroatoms. The maximum atomic E-state index is 9.77. The van der Waals surface area contributed by atoms with Crippen LogP contribution in [0.2, 0.25) is 0 Å². The second-order valence-electron chi connectivity index (χ2n) is 5.81. The van der Waals surface area contributed by atoms with Crippen LogP contribution in [0.25, 0.3) is 0 Å². The third kappa shape index (κ3) is 10.6. The van der Waals surface area contributed by atoms with Gasteiger partial charge in [0.1, 0.15) is 5.05 Å². The van der Waals surface area contributed by atoms with Gasteiger partial charge in [-0.25, -0.2) is 0 Å². The van der Waals surface area contributed by atoms with Crippen LogP contribution in [0.15, 0.2) is 24.3 Å². The number of aliphatic hydroxyl groups excluding tert-OH is 1. The number of hydrogen-bond donors (Lipinski definition) is 1. The van der Waals surface area contributed by atoms with Crippen molar-refractivity contribution >= 4 is 26.5 Å². The van der Waals surface area contributed by atoms with Gasteiger partial charge in [0.05, 0.1) is 0 Å². The molecule has 1 N–H and O–H groups in total. The highest BCUT2D eigenvalue weighted by molar-refractivity contribution is 8.10. The van der Waals surface area contributed by atoms with Crippen molar-refractivity contribution in [2.75, 3.05) is 0 Å². The Morgan fingerprint density at radius 3 is 1.67 bits per heavy atom. The van der Waals surface area contributed by atoms with E-state index in [1.165, 1.54) is 57.8 Å². The Morgan fingerprint density at radius 2 is 1.24 bits per heavy atom. The summed E-state index contributed by atoms with van der Waals surface area (Å²) >= 11 is 0. The highest BCUT2D eigenvalue weighted by atomic mass is 32.1. The van der Waals surface area contributed by atoms with Crippen LogP contribution in [0.5, 0.6) is 0 Å². The maximum Gasteiger partial charge on any atom is 0.123 e. The fourth-order valence-corrected chi connectivity index (χ4v) is 2.79. The molecule has 0 fully saturated rings. The zero-order valence-corrected chi connectivity index (χ0v) is 14.8. The lowest BCUT2D eigenvalue weighted by molar-refractivity contribution is 0.555. The van der Waals surface area contributed by atoms with Gasteiger partial charge in [0, 0.05) is 5.57 Å². The molecule has 0 heterocycles. The van der Waals surface area contributed by atoms with Crippen molar-refractivity contribution in [1.29, 1.82) is 0 Å². The fraction of sp³-hybridized carbons (Fsp3) is 0.632. The zero-order valence-electron chi connectivity index (χ0n) is 14.0. The molecule has 0 aliphatic heterocycles. The van der Waals surface area contributed by atoms with Gasteiger partial charge in [-0.1, -0.05) is 89.6 Å². The van der Waals surface area contributed by atoms with E-state index in [2.05, 4.69) is 31.8 Å². The molecule has 0 aliphatic carbocycles. The number of unbranched alkanes of at least 4 members (excludes halogenated alkanes) is 9. The quantitative estimate of drug-likeness (QED) is 0.185. The van der Waals surface area contributed by atoms with E-state index in [1.807, 2.05) is 0 Å². The molecule has 0 saturated heterocycles. The van der Waals surface area contributed by atoms with Crippen molar-refractivity contribution in [3.05, 3.63) is 24.3 Å². The summed E-state index contributed by atoms with van der Waals surface area (Å²) in [6.07, 6.45) is 14.2. The number of rotatable bonds is 13. The van der Waals surface area contributed by atoms with Crippen molar-refractivity contribution in [3.63, 3.8) is 0 Å². The summed E-state index contributed by atoms with van der Waals surface area (Å²) in [4.78, 5) is 0. The molecule has 0 spiro atoms. The second-order valence-corrected chi connectivity index (χ2v) is 7.18. The van der Waals surface area contributed by atoms with E-state index in [-0.39, 0.29) is 5.05 Å². The van der Waals surface area contributed by atoms with Crippen molar-refractivity contribution in [1.82, 2.24) is 0 Å². The predicted octanol–water partition coefficient (Wildman–Crippen LogP) is 6.23. The summed E-state index contributed by atoms with van der Waals surface area (Å²) in [5.74, 6) is 7.45. The number of aliphatic hydroxyl groups is 1. The van der Waals surface area contributed by atoms with E-state index in [9.17, 15) is 5.11 Å². The standard InChI is InChI=1S/C19H34OS/c1-6-7-8-9-10-11-12-13-14-15-16-17(2)18(3)19(20)21(4)5/h20H,2-16H2,1H3. The largest absolute Gasteiger partial charge is 0.352 e. The Kier molecular flexibility index (Phi) is 12.5. The van der Waals surface area contributed by atoms with Gasteiger partial charge in [-0.3, -0.25) is 0 Å². The Balaban J connectivity index is 3.58. The summed E-state index contributed by atoms with van der Waals surface area (Å²) in [6.45, 7) is 10.1. The molecule has 0 saturated carbocycles. The first-order chi connectivity index (χ1) is 10.0. The molecule has 0 aromatic heterocycles. The molecule has 0 radical (unpaired) electrons. The zero-order chi connectivity index (χ0) is 16.1. The van der Waals surface area contributed by atoms with E-state index < -0.39 is 9.66 Å². The number of hydrogen-bond acceptors (Lipinski definition) is 0. The van der Waals surface area contributed by atoms with E-state index >= 15 is 0 Å². The molecular weight excluding hydrogens is 276 g/mol. The van der Waals surface area contributed by atoms with Crippen LogP contribution in [0.3, 0.4) is 0 Å². The van der Waals surface area contributed by atoms with Crippen molar-refractivity contribution in [2.24, 2.45) is 0 Å². The molecule has 1 nitrogen and oxygen atoms in total. The summed E-state index contributed by atoms with van der Waals surface area (Å²) in [7, 11) is -0.615. The summed E-state index contributed by atoms with van der Waals surface area (Å²) in [5.41, 5.74) is 1.57. The third-order valence-electron chi connectivity index (χ3n) is 3.79. The highest BCUT2D eigenvalue weighted by Gasteiger charge is 2.03. The van der Waals surface area contributed by atoms with Gasteiger partial charge < -0.3 is 5.11 Å². The maximum absolute atomic E-state index is 9.77. The second kappa shape index (κ2) is 13.0. The lowest BCUT2D eigenvalue weighted by Gasteiger charge is -2.08. The van der Waals surface area contributed by atoms with E-state index in [0.29, 0.717) is 5.57 Å².